The summed E-state index contributed by atoms with van der Waals surface area (Å²) in [7, 11) is 0. The van der Waals surface area contributed by atoms with Gasteiger partial charge in [-0.1, -0.05) is 6.07 Å². The Balaban J connectivity index is 1.65. The normalized spacial score (nSPS) is 18.4. The Bertz CT molecular complexity index is 898. The molecule has 3 aromatic rings. The molecule has 1 aliphatic rings. The fourth-order valence-electron chi connectivity index (χ4n) is 3.12. The Labute approximate surface area is 135 Å². The maximum atomic E-state index is 12.5. The zero-order chi connectivity index (χ0) is 15.8. The number of likely N-dealkylation sites (tertiary alicyclic amines) is 1. The van der Waals surface area contributed by atoms with Crippen LogP contribution in [0.3, 0.4) is 0 Å². The molecule has 4 heterocycles. The molecule has 0 radical (unpaired) electrons. The lowest BCUT2D eigenvalue weighted by molar-refractivity contribution is 0.0684. The first-order chi connectivity index (χ1) is 11.2. The first-order valence-electron chi connectivity index (χ1n) is 7.47. The van der Waals surface area contributed by atoms with Crippen molar-refractivity contribution in [3.8, 4) is 0 Å². The number of hydrogen-bond donors (Lipinski definition) is 1. The number of nitrogens with zero attached hydrogens (tertiary/aromatic N) is 4. The van der Waals surface area contributed by atoms with E-state index in [1.165, 1.54) is 17.7 Å². The van der Waals surface area contributed by atoms with Gasteiger partial charge < -0.3 is 9.88 Å². The first-order valence-corrected chi connectivity index (χ1v) is 8.35. The lowest BCUT2D eigenvalue weighted by atomic mass is 10.1. The summed E-state index contributed by atoms with van der Waals surface area (Å²) in [5.74, 6) is 0.0345. The molecule has 1 amide bonds. The number of thiophene rings is 1. The fraction of sp³-hybridized carbons (Fsp3) is 0.333. The van der Waals surface area contributed by atoms with Crippen LogP contribution in [0.4, 0.5) is 0 Å². The summed E-state index contributed by atoms with van der Waals surface area (Å²) in [4.78, 5) is 38.3. The molecule has 3 aromatic heterocycles. The van der Waals surface area contributed by atoms with Crippen LogP contribution in [0.25, 0.3) is 11.2 Å². The highest BCUT2D eigenvalue weighted by Crippen LogP contribution is 2.24. The van der Waals surface area contributed by atoms with Gasteiger partial charge >= 0.3 is 5.69 Å². The highest BCUT2D eigenvalue weighted by Gasteiger charge is 2.28. The summed E-state index contributed by atoms with van der Waals surface area (Å²) in [5, 5.41) is 1.90. The molecule has 4 rings (SSSR count). The third-order valence-electron chi connectivity index (χ3n) is 4.16. The predicted octanol–water partition coefficient (Wildman–Crippen LogP) is 1.66. The van der Waals surface area contributed by atoms with Gasteiger partial charge in [-0.15, -0.1) is 11.3 Å². The van der Waals surface area contributed by atoms with Crippen molar-refractivity contribution in [1.29, 1.82) is 0 Å². The third-order valence-corrected chi connectivity index (χ3v) is 5.02. The van der Waals surface area contributed by atoms with E-state index in [2.05, 4.69) is 15.0 Å². The molecule has 1 saturated heterocycles. The van der Waals surface area contributed by atoms with Crippen LogP contribution in [0.2, 0.25) is 0 Å². The Morgan fingerprint density at radius 1 is 1.43 bits per heavy atom. The van der Waals surface area contributed by atoms with Crippen LogP contribution >= 0.6 is 11.3 Å². The second-order valence-electron chi connectivity index (χ2n) is 5.58. The number of imidazole rings is 1. The predicted molar refractivity (Wildman–Crippen MR) is 86.6 cm³/mol. The van der Waals surface area contributed by atoms with E-state index >= 15 is 0 Å². The number of amides is 1. The molecule has 1 N–H and O–H groups in total. The van der Waals surface area contributed by atoms with Gasteiger partial charge in [0.25, 0.3) is 5.91 Å². The van der Waals surface area contributed by atoms with Gasteiger partial charge in [0.2, 0.25) is 0 Å². The number of carbonyl (C=O) groups excluding carboxylic acids is 1. The SMILES string of the molecule is O=C(c1cccs1)N1CCCC(n2c(=O)[nH]c3cncnc32)C1. The molecule has 0 saturated carbocycles. The smallest absolute Gasteiger partial charge is 0.328 e. The van der Waals surface area contributed by atoms with Crippen molar-refractivity contribution in [2.75, 3.05) is 13.1 Å². The zero-order valence-corrected chi connectivity index (χ0v) is 13.1. The molecule has 1 aliphatic heterocycles. The number of H-pyrrole nitrogens is 1. The Hall–Kier alpha value is -2.48. The minimum atomic E-state index is -0.198. The fourth-order valence-corrected chi connectivity index (χ4v) is 3.81. The standard InChI is InChI=1S/C15H15N5O2S/c21-14(12-4-2-6-23-12)19-5-1-3-10(8-19)20-13-11(18-15(20)22)7-16-9-17-13/h2,4,6-7,9-10H,1,3,5,8H2,(H,18,22). The van der Waals surface area contributed by atoms with E-state index in [0.29, 0.717) is 17.7 Å². The van der Waals surface area contributed by atoms with Gasteiger partial charge in [0.15, 0.2) is 5.65 Å². The largest absolute Gasteiger partial charge is 0.336 e. The number of nitrogens with one attached hydrogen (secondary N) is 1. The van der Waals surface area contributed by atoms with E-state index in [9.17, 15) is 9.59 Å². The number of fused-ring (bicyclic) bond motifs is 1. The molecule has 0 spiro atoms. The van der Waals surface area contributed by atoms with Crippen LogP contribution in [0.15, 0.2) is 34.8 Å². The molecule has 0 aromatic carbocycles. The molecule has 7 nitrogen and oxygen atoms in total. The number of carbonyl (C=O) groups is 1. The van der Waals surface area contributed by atoms with Gasteiger partial charge in [-0.25, -0.2) is 14.8 Å². The summed E-state index contributed by atoms with van der Waals surface area (Å²) < 4.78 is 1.66. The summed E-state index contributed by atoms with van der Waals surface area (Å²) in [6, 6.07) is 3.64. The average molecular weight is 329 g/mol. The molecule has 8 heteroatoms. The second-order valence-corrected chi connectivity index (χ2v) is 6.53. The Kier molecular flexibility index (Phi) is 3.45. The summed E-state index contributed by atoms with van der Waals surface area (Å²) >= 11 is 1.44. The zero-order valence-electron chi connectivity index (χ0n) is 12.3. The molecular weight excluding hydrogens is 314 g/mol. The highest BCUT2D eigenvalue weighted by atomic mass is 32.1. The molecule has 0 bridgehead atoms. The molecule has 1 unspecified atom stereocenters. The number of aromatic amines is 1. The van der Waals surface area contributed by atoms with E-state index in [0.717, 1.165) is 24.3 Å². The third kappa shape index (κ3) is 2.44. The van der Waals surface area contributed by atoms with Crippen molar-refractivity contribution in [2.24, 2.45) is 0 Å². The van der Waals surface area contributed by atoms with E-state index in [4.69, 9.17) is 0 Å². The van der Waals surface area contributed by atoms with E-state index in [-0.39, 0.29) is 17.6 Å². The second kappa shape index (κ2) is 5.62. The van der Waals surface area contributed by atoms with Crippen molar-refractivity contribution in [3.63, 3.8) is 0 Å². The van der Waals surface area contributed by atoms with Gasteiger partial charge in [0, 0.05) is 13.1 Å². The molecule has 0 aliphatic carbocycles. The van der Waals surface area contributed by atoms with Crippen molar-refractivity contribution in [1.82, 2.24) is 24.4 Å². The maximum absolute atomic E-state index is 12.5. The molecule has 23 heavy (non-hydrogen) atoms. The molecule has 1 fully saturated rings. The summed E-state index contributed by atoms with van der Waals surface area (Å²) in [5.41, 5.74) is 1.02. The summed E-state index contributed by atoms with van der Waals surface area (Å²) in [6.07, 6.45) is 4.75. The molecular formula is C15H15N5O2S. The minimum absolute atomic E-state index is 0.0345. The number of aromatic nitrogens is 4. The van der Waals surface area contributed by atoms with Crippen LogP contribution in [0.5, 0.6) is 0 Å². The maximum Gasteiger partial charge on any atom is 0.328 e. The topological polar surface area (TPSA) is 83.9 Å². The van der Waals surface area contributed by atoms with Crippen molar-refractivity contribution in [2.45, 2.75) is 18.9 Å². The number of hydrogen-bond acceptors (Lipinski definition) is 5. The van der Waals surface area contributed by atoms with Crippen LogP contribution in [0, 0.1) is 0 Å². The minimum Gasteiger partial charge on any atom is -0.336 e. The lowest BCUT2D eigenvalue weighted by Gasteiger charge is -2.32. The first kappa shape index (κ1) is 14.1. The van der Waals surface area contributed by atoms with Gasteiger partial charge in [0.05, 0.1) is 17.1 Å². The highest BCUT2D eigenvalue weighted by molar-refractivity contribution is 7.12. The Morgan fingerprint density at radius 2 is 2.35 bits per heavy atom. The van der Waals surface area contributed by atoms with E-state index < -0.39 is 0 Å². The average Bonchev–Trinajstić information content (AvgIpc) is 3.21. The molecule has 1 atom stereocenters. The van der Waals surface area contributed by atoms with Gasteiger partial charge in [-0.3, -0.25) is 9.36 Å². The summed E-state index contributed by atoms with van der Waals surface area (Å²) in [6.45, 7) is 1.24. The van der Waals surface area contributed by atoms with E-state index in [1.807, 2.05) is 22.4 Å². The van der Waals surface area contributed by atoms with Gasteiger partial charge in [-0.2, -0.15) is 0 Å². The Morgan fingerprint density at radius 3 is 3.17 bits per heavy atom. The molecule has 118 valence electrons. The van der Waals surface area contributed by atoms with Gasteiger partial charge in [-0.05, 0) is 24.3 Å². The van der Waals surface area contributed by atoms with Crippen LogP contribution in [-0.2, 0) is 0 Å². The van der Waals surface area contributed by atoms with Crippen molar-refractivity contribution >= 4 is 28.4 Å². The monoisotopic (exact) mass is 329 g/mol. The van der Waals surface area contributed by atoms with Crippen molar-refractivity contribution < 1.29 is 4.79 Å². The van der Waals surface area contributed by atoms with E-state index in [1.54, 1.807) is 10.8 Å². The number of piperidine rings is 1. The van der Waals surface area contributed by atoms with Crippen molar-refractivity contribution in [3.05, 3.63) is 45.4 Å². The van der Waals surface area contributed by atoms with Crippen LogP contribution in [-0.4, -0.2) is 43.4 Å². The van der Waals surface area contributed by atoms with Crippen LogP contribution in [0.1, 0.15) is 28.6 Å². The number of rotatable bonds is 2. The van der Waals surface area contributed by atoms with Gasteiger partial charge in [0.1, 0.15) is 11.8 Å². The van der Waals surface area contributed by atoms with Crippen LogP contribution < -0.4 is 5.69 Å². The lowest BCUT2D eigenvalue weighted by Crippen LogP contribution is -2.42. The quantitative estimate of drug-likeness (QED) is 0.775.